The smallest absolute Gasteiger partial charge is 0.153 e. The van der Waals surface area contributed by atoms with Gasteiger partial charge in [-0.15, -0.1) is 0 Å². The van der Waals surface area contributed by atoms with Gasteiger partial charge in [-0.2, -0.15) is 0 Å². The van der Waals surface area contributed by atoms with Gasteiger partial charge in [0, 0.05) is 12.4 Å². The Hall–Kier alpha value is -0.960. The van der Waals surface area contributed by atoms with Crippen LogP contribution in [0.3, 0.4) is 0 Å². The molecule has 0 radical (unpaired) electrons. The minimum atomic E-state index is -2.43. The van der Waals surface area contributed by atoms with E-state index < -0.39 is 6.56 Å². The summed E-state index contributed by atoms with van der Waals surface area (Å²) >= 11 is 0. The van der Waals surface area contributed by atoms with Gasteiger partial charge in [0.25, 0.3) is 0 Å². The van der Waals surface area contributed by atoms with E-state index in [2.05, 4.69) is 9.97 Å². The summed E-state index contributed by atoms with van der Waals surface area (Å²) in [6, 6.07) is 1.55. The molecule has 0 aliphatic heterocycles. The highest BCUT2D eigenvalue weighted by Gasteiger charge is 1.84. The Morgan fingerprint density at radius 3 is 2.62 bits per heavy atom. The summed E-state index contributed by atoms with van der Waals surface area (Å²) in [7, 11) is 0. The quantitative estimate of drug-likeness (QED) is 0.554. The molecule has 0 atom stereocenters. The Balaban J connectivity index is 2.97. The van der Waals surface area contributed by atoms with E-state index in [9.17, 15) is 0 Å². The highest BCUT2D eigenvalue weighted by molar-refractivity contribution is 4.85. The van der Waals surface area contributed by atoms with Crippen molar-refractivity contribution in [2.45, 2.75) is 6.56 Å². The molecule has 0 saturated carbocycles. The van der Waals surface area contributed by atoms with Crippen LogP contribution in [0.4, 0.5) is 0 Å². The van der Waals surface area contributed by atoms with Crippen LogP contribution in [-0.4, -0.2) is 15.1 Å². The lowest BCUT2D eigenvalue weighted by Crippen LogP contribution is -1.90. The van der Waals surface area contributed by atoms with E-state index in [-0.39, 0.29) is 5.82 Å². The van der Waals surface area contributed by atoms with E-state index in [4.69, 9.17) is 7.85 Å². The fourth-order valence-corrected chi connectivity index (χ4v) is 0.357. The number of aromatic nitrogens is 2. The SMILES string of the molecule is [2H]C([2H])(O)c1ncccn1. The molecule has 1 rings (SSSR count). The maximum Gasteiger partial charge on any atom is 0.153 e. The normalized spacial score (nSPS) is 14.6. The van der Waals surface area contributed by atoms with Gasteiger partial charge in [0.2, 0.25) is 0 Å². The molecule has 0 amide bonds. The summed E-state index contributed by atoms with van der Waals surface area (Å²) < 4.78 is 13.5. The van der Waals surface area contributed by atoms with Gasteiger partial charge in [0.1, 0.15) is 6.56 Å². The van der Waals surface area contributed by atoms with Crippen molar-refractivity contribution in [2.75, 3.05) is 0 Å². The summed E-state index contributed by atoms with van der Waals surface area (Å²) in [4.78, 5) is 7.03. The van der Waals surface area contributed by atoms with Gasteiger partial charge in [0.15, 0.2) is 5.82 Å². The molecule has 0 aliphatic carbocycles. The molecule has 1 N–H and O–H groups in total. The Morgan fingerprint density at radius 2 is 2.25 bits per heavy atom. The van der Waals surface area contributed by atoms with Crippen LogP contribution in [0.15, 0.2) is 18.5 Å². The van der Waals surface area contributed by atoms with Crippen LogP contribution in [0.2, 0.25) is 0 Å². The molecule has 3 nitrogen and oxygen atoms in total. The molecule has 1 aromatic rings. The minimum Gasteiger partial charge on any atom is -0.388 e. The first-order valence-electron chi connectivity index (χ1n) is 3.10. The van der Waals surface area contributed by atoms with Crippen molar-refractivity contribution in [1.82, 2.24) is 9.97 Å². The highest BCUT2D eigenvalue weighted by Crippen LogP contribution is 1.83. The van der Waals surface area contributed by atoms with Gasteiger partial charge in [-0.25, -0.2) is 9.97 Å². The van der Waals surface area contributed by atoms with Crippen molar-refractivity contribution in [3.63, 3.8) is 0 Å². The van der Waals surface area contributed by atoms with Gasteiger partial charge in [-0.3, -0.25) is 0 Å². The number of hydrogen-bond donors (Lipinski definition) is 1. The lowest BCUT2D eigenvalue weighted by Gasteiger charge is -1.87. The van der Waals surface area contributed by atoms with Gasteiger partial charge in [-0.05, 0) is 6.07 Å². The summed E-state index contributed by atoms with van der Waals surface area (Å²) in [5.41, 5.74) is 0. The summed E-state index contributed by atoms with van der Waals surface area (Å²) in [6.45, 7) is -2.43. The number of aliphatic hydroxyl groups is 1. The Bertz CT molecular complexity index is 209. The maximum absolute atomic E-state index is 8.70. The molecular weight excluding hydrogens is 104 g/mol. The monoisotopic (exact) mass is 112 g/mol. The van der Waals surface area contributed by atoms with Crippen LogP contribution in [0.25, 0.3) is 0 Å². The highest BCUT2D eigenvalue weighted by atomic mass is 16.3. The standard InChI is InChI=1S/C5H6N2O/c8-4-5-6-2-1-3-7-5/h1-3,8H,4H2/i4D2. The first kappa shape index (κ1) is 3.14. The molecule has 0 bridgehead atoms. The van der Waals surface area contributed by atoms with Gasteiger partial charge in [0.05, 0.1) is 2.74 Å². The average Bonchev–Trinajstić information content (AvgIpc) is 1.88. The van der Waals surface area contributed by atoms with E-state index >= 15 is 0 Å². The lowest BCUT2D eigenvalue weighted by atomic mass is 10.6. The maximum atomic E-state index is 8.70. The van der Waals surface area contributed by atoms with Crippen molar-refractivity contribution in [3.05, 3.63) is 24.3 Å². The van der Waals surface area contributed by atoms with Crippen molar-refractivity contribution < 1.29 is 7.85 Å². The largest absolute Gasteiger partial charge is 0.388 e. The molecule has 8 heavy (non-hydrogen) atoms. The zero-order valence-electron chi connectivity index (χ0n) is 6.07. The number of rotatable bonds is 1. The first-order chi connectivity index (χ1) is 4.61. The molecule has 1 aromatic heterocycles. The Labute approximate surface area is 49.8 Å². The molecule has 0 fully saturated rings. The molecule has 42 valence electrons. The molecule has 0 aromatic carbocycles. The zero-order chi connectivity index (χ0) is 7.61. The summed E-state index contributed by atoms with van der Waals surface area (Å²) in [5.74, 6) is -0.213. The predicted molar refractivity (Wildman–Crippen MR) is 28.0 cm³/mol. The van der Waals surface area contributed by atoms with E-state index in [0.717, 1.165) is 0 Å². The van der Waals surface area contributed by atoms with Crippen LogP contribution in [0.1, 0.15) is 8.57 Å². The fraction of sp³-hybridized carbons (Fsp3) is 0.200. The van der Waals surface area contributed by atoms with E-state index in [1.165, 1.54) is 12.4 Å². The molecule has 1 heterocycles. The van der Waals surface area contributed by atoms with E-state index in [0.29, 0.717) is 0 Å². The van der Waals surface area contributed by atoms with Crippen LogP contribution in [-0.2, 0) is 6.56 Å². The van der Waals surface area contributed by atoms with Gasteiger partial charge in [-0.1, -0.05) is 0 Å². The van der Waals surface area contributed by atoms with Crippen LogP contribution in [0.5, 0.6) is 0 Å². The average molecular weight is 112 g/mol. The van der Waals surface area contributed by atoms with Crippen LogP contribution >= 0.6 is 0 Å². The van der Waals surface area contributed by atoms with Gasteiger partial charge >= 0.3 is 0 Å². The predicted octanol–water partition coefficient (Wildman–Crippen LogP) is -0.0311. The zero-order valence-corrected chi connectivity index (χ0v) is 4.07. The topological polar surface area (TPSA) is 46.0 Å². The third kappa shape index (κ3) is 1.01. The summed E-state index contributed by atoms with van der Waals surface area (Å²) in [5, 5.41) is 8.70. The number of hydrogen-bond acceptors (Lipinski definition) is 3. The number of nitrogens with zero attached hydrogens (tertiary/aromatic N) is 2. The Morgan fingerprint density at radius 1 is 1.62 bits per heavy atom. The third-order valence-corrected chi connectivity index (χ3v) is 0.666. The second kappa shape index (κ2) is 2.37. The molecule has 0 aliphatic rings. The fourth-order valence-electron chi connectivity index (χ4n) is 0.357. The van der Waals surface area contributed by atoms with Crippen molar-refractivity contribution in [3.8, 4) is 0 Å². The summed E-state index contributed by atoms with van der Waals surface area (Å²) in [6.07, 6.45) is 2.74. The van der Waals surface area contributed by atoms with Crippen molar-refractivity contribution in [1.29, 1.82) is 0 Å². The minimum absolute atomic E-state index is 0.213. The molecule has 3 heteroatoms. The van der Waals surface area contributed by atoms with Crippen LogP contribution in [0, 0.1) is 0 Å². The molecule has 0 unspecified atom stereocenters. The van der Waals surface area contributed by atoms with Crippen molar-refractivity contribution >= 4 is 0 Å². The first-order valence-corrected chi connectivity index (χ1v) is 2.10. The van der Waals surface area contributed by atoms with E-state index in [1.54, 1.807) is 6.07 Å². The lowest BCUT2D eigenvalue weighted by molar-refractivity contribution is 0.271. The van der Waals surface area contributed by atoms with Crippen LogP contribution < -0.4 is 0 Å². The second-order valence-electron chi connectivity index (χ2n) is 1.18. The molecule has 0 saturated heterocycles. The Kier molecular flexibility index (Phi) is 0.932. The second-order valence-corrected chi connectivity index (χ2v) is 1.18. The van der Waals surface area contributed by atoms with Crippen molar-refractivity contribution in [2.24, 2.45) is 0 Å². The molecular formula is C5H6N2O. The third-order valence-electron chi connectivity index (χ3n) is 0.666. The van der Waals surface area contributed by atoms with Gasteiger partial charge < -0.3 is 5.11 Å². The van der Waals surface area contributed by atoms with E-state index in [1.807, 2.05) is 0 Å². The molecule has 0 spiro atoms.